The molecule has 56 valence electrons. The van der Waals surface area contributed by atoms with Crippen LogP contribution >= 0.6 is 11.6 Å². The minimum absolute atomic E-state index is 0.301. The van der Waals surface area contributed by atoms with E-state index < -0.39 is 5.95 Å². The maximum absolute atomic E-state index is 12.7. The molecular weight excluding hydrogens is 169 g/mol. The number of halogens is 2. The number of nitrogens with one attached hydrogen (secondary N) is 1. The van der Waals surface area contributed by atoms with Crippen molar-refractivity contribution in [1.29, 1.82) is 0 Å². The van der Waals surface area contributed by atoms with Crippen molar-refractivity contribution >= 4 is 22.6 Å². The molecule has 0 aliphatic rings. The van der Waals surface area contributed by atoms with Crippen molar-refractivity contribution in [2.24, 2.45) is 0 Å². The molecule has 5 heteroatoms. The van der Waals surface area contributed by atoms with Crippen LogP contribution in [0.3, 0.4) is 0 Å². The molecule has 0 atom stereocenters. The maximum Gasteiger partial charge on any atom is 0.218 e. The van der Waals surface area contributed by atoms with Crippen LogP contribution in [-0.4, -0.2) is 15.2 Å². The van der Waals surface area contributed by atoms with Crippen molar-refractivity contribution in [1.82, 2.24) is 15.2 Å². The highest BCUT2D eigenvalue weighted by Gasteiger charge is 2.04. The Labute approximate surface area is 66.2 Å². The molecule has 2 rings (SSSR count). The zero-order valence-electron chi connectivity index (χ0n) is 5.31. The van der Waals surface area contributed by atoms with Gasteiger partial charge >= 0.3 is 0 Å². The Balaban J connectivity index is 2.86. The highest BCUT2D eigenvalue weighted by atomic mass is 35.5. The van der Waals surface area contributed by atoms with Crippen molar-refractivity contribution < 1.29 is 4.39 Å². The molecule has 1 N–H and O–H groups in total. The summed E-state index contributed by atoms with van der Waals surface area (Å²) in [6.07, 6.45) is 0. The number of fused-ring (bicyclic) bond motifs is 1. The predicted molar refractivity (Wildman–Crippen MR) is 38.9 cm³/mol. The van der Waals surface area contributed by atoms with E-state index in [9.17, 15) is 4.39 Å². The Morgan fingerprint density at radius 3 is 3.09 bits per heavy atom. The zero-order valence-corrected chi connectivity index (χ0v) is 6.06. The number of hydrogen-bond donors (Lipinski definition) is 1. The average molecular weight is 172 g/mol. The molecule has 0 aliphatic carbocycles. The van der Waals surface area contributed by atoms with Gasteiger partial charge in [0.15, 0.2) is 5.65 Å². The summed E-state index contributed by atoms with van der Waals surface area (Å²) in [5.41, 5.74) is 0.301. The Morgan fingerprint density at radius 1 is 1.45 bits per heavy atom. The van der Waals surface area contributed by atoms with Gasteiger partial charge in [0, 0.05) is 0 Å². The number of aromatic amines is 1. The maximum atomic E-state index is 12.7. The summed E-state index contributed by atoms with van der Waals surface area (Å²) in [4.78, 5) is 3.78. The van der Waals surface area contributed by atoms with Gasteiger partial charge in [0.25, 0.3) is 0 Å². The minimum Gasteiger partial charge on any atom is -0.250 e. The summed E-state index contributed by atoms with van der Waals surface area (Å²) in [6, 6.07) is 3.05. The molecule has 0 spiro atoms. The number of pyridine rings is 1. The topological polar surface area (TPSA) is 41.6 Å². The van der Waals surface area contributed by atoms with E-state index in [1.165, 1.54) is 12.1 Å². The zero-order chi connectivity index (χ0) is 7.84. The number of nitrogens with zero attached hydrogens (tertiary/aromatic N) is 2. The van der Waals surface area contributed by atoms with Gasteiger partial charge in [-0.3, -0.25) is 5.10 Å². The first-order valence-electron chi connectivity index (χ1n) is 2.93. The second-order valence-electron chi connectivity index (χ2n) is 2.04. The number of hydrogen-bond acceptors (Lipinski definition) is 2. The summed E-state index contributed by atoms with van der Waals surface area (Å²) in [7, 11) is 0. The van der Waals surface area contributed by atoms with Gasteiger partial charge in [0.1, 0.15) is 5.15 Å². The van der Waals surface area contributed by atoms with E-state index in [4.69, 9.17) is 11.6 Å². The van der Waals surface area contributed by atoms with E-state index in [0.717, 1.165) is 0 Å². The SMILES string of the molecule is Fc1[nH]nc2nc(Cl)ccc12. The van der Waals surface area contributed by atoms with Crippen LogP contribution < -0.4 is 0 Å². The first-order chi connectivity index (χ1) is 5.27. The molecule has 3 nitrogen and oxygen atoms in total. The van der Waals surface area contributed by atoms with Crippen LogP contribution in [-0.2, 0) is 0 Å². The lowest BCUT2D eigenvalue weighted by Crippen LogP contribution is -1.76. The quantitative estimate of drug-likeness (QED) is 0.614. The van der Waals surface area contributed by atoms with Crippen molar-refractivity contribution in [3.8, 4) is 0 Å². The van der Waals surface area contributed by atoms with E-state index in [1.807, 2.05) is 0 Å². The minimum atomic E-state index is -0.482. The van der Waals surface area contributed by atoms with E-state index in [2.05, 4.69) is 15.2 Å². The molecule has 2 aromatic heterocycles. The lowest BCUT2D eigenvalue weighted by Gasteiger charge is -1.86. The fraction of sp³-hybridized carbons (Fsp3) is 0. The monoisotopic (exact) mass is 171 g/mol. The average Bonchev–Trinajstić information content (AvgIpc) is 2.32. The number of H-pyrrole nitrogens is 1. The lowest BCUT2D eigenvalue weighted by molar-refractivity contribution is 0.588. The number of aromatic nitrogens is 3. The van der Waals surface area contributed by atoms with Gasteiger partial charge in [-0.25, -0.2) is 4.98 Å². The molecule has 0 unspecified atom stereocenters. The standard InChI is InChI=1S/C6H3ClFN3/c7-4-2-1-3-5(8)10-11-6(3)9-4/h1-2H,(H,9,10,11). The molecule has 0 aromatic carbocycles. The van der Waals surface area contributed by atoms with Gasteiger partial charge in [-0.05, 0) is 12.1 Å². The number of rotatable bonds is 0. The smallest absolute Gasteiger partial charge is 0.218 e. The summed E-state index contributed by atoms with van der Waals surface area (Å²) in [6.45, 7) is 0. The molecule has 0 saturated heterocycles. The van der Waals surface area contributed by atoms with E-state index >= 15 is 0 Å². The summed E-state index contributed by atoms with van der Waals surface area (Å²) in [5, 5.41) is 6.41. The van der Waals surface area contributed by atoms with Crippen LogP contribution in [0.25, 0.3) is 11.0 Å². The van der Waals surface area contributed by atoms with E-state index in [-0.39, 0.29) is 0 Å². The molecule has 11 heavy (non-hydrogen) atoms. The van der Waals surface area contributed by atoms with E-state index in [0.29, 0.717) is 16.2 Å². The Hall–Kier alpha value is -1.16. The third-order valence-corrected chi connectivity index (χ3v) is 1.55. The third-order valence-electron chi connectivity index (χ3n) is 1.34. The normalized spacial score (nSPS) is 10.7. The highest BCUT2D eigenvalue weighted by molar-refractivity contribution is 6.29. The predicted octanol–water partition coefficient (Wildman–Crippen LogP) is 1.75. The van der Waals surface area contributed by atoms with Crippen molar-refractivity contribution in [2.75, 3.05) is 0 Å². The van der Waals surface area contributed by atoms with E-state index in [1.54, 1.807) is 0 Å². The van der Waals surface area contributed by atoms with Crippen LogP contribution in [0, 0.1) is 5.95 Å². The molecule has 0 aliphatic heterocycles. The highest BCUT2D eigenvalue weighted by Crippen LogP contribution is 2.14. The molecule has 0 bridgehead atoms. The van der Waals surface area contributed by atoms with Gasteiger partial charge in [-0.2, -0.15) is 9.49 Å². The third kappa shape index (κ3) is 0.952. The largest absolute Gasteiger partial charge is 0.250 e. The first kappa shape index (κ1) is 6.54. The van der Waals surface area contributed by atoms with Crippen molar-refractivity contribution in [3.05, 3.63) is 23.2 Å². The molecule has 0 fully saturated rings. The van der Waals surface area contributed by atoms with Crippen LogP contribution in [0.15, 0.2) is 12.1 Å². The fourth-order valence-electron chi connectivity index (χ4n) is 0.844. The van der Waals surface area contributed by atoms with Gasteiger partial charge in [-0.15, -0.1) is 0 Å². The van der Waals surface area contributed by atoms with Crippen LogP contribution in [0.1, 0.15) is 0 Å². The van der Waals surface area contributed by atoms with Crippen LogP contribution in [0.2, 0.25) is 5.15 Å². The Kier molecular flexibility index (Phi) is 1.29. The van der Waals surface area contributed by atoms with Gasteiger partial charge in [0.05, 0.1) is 5.39 Å². The molecule has 2 aromatic rings. The summed E-state index contributed by atoms with van der Waals surface area (Å²) < 4.78 is 12.7. The van der Waals surface area contributed by atoms with Gasteiger partial charge < -0.3 is 0 Å². The van der Waals surface area contributed by atoms with Crippen LogP contribution in [0.4, 0.5) is 4.39 Å². The Bertz CT molecular complexity index is 398. The second kappa shape index (κ2) is 2.17. The molecule has 0 saturated carbocycles. The van der Waals surface area contributed by atoms with Gasteiger partial charge in [-0.1, -0.05) is 11.6 Å². The van der Waals surface area contributed by atoms with Crippen molar-refractivity contribution in [2.45, 2.75) is 0 Å². The van der Waals surface area contributed by atoms with Crippen molar-refractivity contribution in [3.63, 3.8) is 0 Å². The summed E-state index contributed by atoms with van der Waals surface area (Å²) in [5.74, 6) is -0.482. The molecule has 2 heterocycles. The van der Waals surface area contributed by atoms with Gasteiger partial charge in [0.2, 0.25) is 5.95 Å². The van der Waals surface area contributed by atoms with Crippen LogP contribution in [0.5, 0.6) is 0 Å². The Morgan fingerprint density at radius 2 is 2.27 bits per heavy atom. The first-order valence-corrected chi connectivity index (χ1v) is 3.31. The second-order valence-corrected chi connectivity index (χ2v) is 2.43. The molecule has 0 amide bonds. The summed E-state index contributed by atoms with van der Waals surface area (Å²) >= 11 is 5.54. The fourth-order valence-corrected chi connectivity index (χ4v) is 0.987. The lowest BCUT2D eigenvalue weighted by atomic mass is 10.3. The molecular formula is C6H3ClFN3. The molecule has 0 radical (unpaired) electrons.